The van der Waals surface area contributed by atoms with E-state index in [-0.39, 0.29) is 12.3 Å². The SMILES string of the molecule is C=CSC(=C)C(=O)N(CCCCCCC(=O)NO)c1ccc(N)c(C=N)c1. The van der Waals surface area contributed by atoms with Crippen LogP contribution in [0.4, 0.5) is 11.4 Å². The Morgan fingerprint density at radius 3 is 2.63 bits per heavy atom. The van der Waals surface area contributed by atoms with E-state index < -0.39 is 5.91 Å². The van der Waals surface area contributed by atoms with Crippen molar-refractivity contribution < 1.29 is 14.8 Å². The number of nitrogens with two attached hydrogens (primary N) is 1. The van der Waals surface area contributed by atoms with E-state index in [1.165, 1.54) is 11.8 Å². The molecule has 1 rings (SSSR count). The molecule has 0 aliphatic heterocycles. The fraction of sp³-hybridized carbons (Fsp3) is 0.316. The van der Waals surface area contributed by atoms with Crippen LogP contribution in [0.5, 0.6) is 0 Å². The second-order valence-electron chi connectivity index (χ2n) is 5.82. The third-order valence-corrected chi connectivity index (χ3v) is 4.53. The summed E-state index contributed by atoms with van der Waals surface area (Å²) in [5, 5.41) is 17.5. The van der Waals surface area contributed by atoms with Gasteiger partial charge in [0.1, 0.15) is 0 Å². The molecular formula is C19H26N4O3S. The number of rotatable bonds is 12. The third kappa shape index (κ3) is 7.28. The van der Waals surface area contributed by atoms with Gasteiger partial charge in [0.05, 0.1) is 4.91 Å². The zero-order valence-corrected chi connectivity index (χ0v) is 16.1. The number of hydroxylamine groups is 1. The van der Waals surface area contributed by atoms with E-state index in [1.807, 2.05) is 0 Å². The van der Waals surface area contributed by atoms with Gasteiger partial charge in [-0.15, -0.1) is 0 Å². The Hall–Kier alpha value is -2.58. The van der Waals surface area contributed by atoms with Crippen LogP contribution in [0.25, 0.3) is 0 Å². The maximum Gasteiger partial charge on any atom is 0.264 e. The molecule has 0 radical (unpaired) electrons. The highest BCUT2D eigenvalue weighted by atomic mass is 32.2. The standard InChI is InChI=1S/C19H26N4O3S/c1-3-27-14(2)19(25)23(11-7-5-4-6-8-18(24)22-26)16-9-10-17(21)15(12-16)13-20/h3,9-10,12-13,20,26H,1-2,4-8,11,21H2,(H,22,24). The predicted octanol–water partition coefficient (Wildman–Crippen LogP) is 3.45. The van der Waals surface area contributed by atoms with Crippen molar-refractivity contribution in [1.29, 1.82) is 5.41 Å². The molecule has 1 aromatic carbocycles. The monoisotopic (exact) mass is 390 g/mol. The molecule has 0 spiro atoms. The van der Waals surface area contributed by atoms with Crippen molar-refractivity contribution >= 4 is 41.2 Å². The molecular weight excluding hydrogens is 364 g/mol. The van der Waals surface area contributed by atoms with Gasteiger partial charge in [0.25, 0.3) is 5.91 Å². The van der Waals surface area contributed by atoms with Crippen LogP contribution in [0.2, 0.25) is 0 Å². The maximum absolute atomic E-state index is 12.8. The van der Waals surface area contributed by atoms with E-state index in [1.54, 1.807) is 34.0 Å². The fourth-order valence-corrected chi connectivity index (χ4v) is 2.88. The Balaban J connectivity index is 2.79. The molecule has 0 saturated carbocycles. The van der Waals surface area contributed by atoms with Crippen LogP contribution in [0.1, 0.15) is 37.7 Å². The lowest BCUT2D eigenvalue weighted by molar-refractivity contribution is -0.129. The molecule has 0 heterocycles. The van der Waals surface area contributed by atoms with Gasteiger partial charge in [-0.2, -0.15) is 0 Å². The van der Waals surface area contributed by atoms with Crippen LogP contribution in [0, 0.1) is 5.41 Å². The van der Waals surface area contributed by atoms with Crippen molar-refractivity contribution in [3.05, 3.63) is 47.2 Å². The highest BCUT2D eigenvalue weighted by molar-refractivity contribution is 8.06. The summed E-state index contributed by atoms with van der Waals surface area (Å²) in [5.41, 5.74) is 9.11. The Kier molecular flexibility index (Phi) is 9.92. The molecule has 0 aromatic heterocycles. The van der Waals surface area contributed by atoms with Gasteiger partial charge >= 0.3 is 0 Å². The molecule has 8 heteroatoms. The first-order chi connectivity index (χ1) is 12.9. The van der Waals surface area contributed by atoms with E-state index in [4.69, 9.17) is 16.4 Å². The topological polar surface area (TPSA) is 120 Å². The van der Waals surface area contributed by atoms with Gasteiger partial charge in [0, 0.05) is 36.1 Å². The van der Waals surface area contributed by atoms with Crippen LogP contribution in [0.3, 0.4) is 0 Å². The lowest BCUT2D eigenvalue weighted by Gasteiger charge is -2.24. The first-order valence-corrected chi connectivity index (χ1v) is 9.43. The molecule has 0 unspecified atom stereocenters. The van der Waals surface area contributed by atoms with E-state index >= 15 is 0 Å². The summed E-state index contributed by atoms with van der Waals surface area (Å²) in [6, 6.07) is 5.13. The number of nitrogens with one attached hydrogen (secondary N) is 2. The molecule has 1 aromatic rings. The molecule has 7 nitrogen and oxygen atoms in total. The van der Waals surface area contributed by atoms with Crippen LogP contribution in [-0.4, -0.2) is 29.8 Å². The van der Waals surface area contributed by atoms with E-state index in [0.717, 1.165) is 25.5 Å². The van der Waals surface area contributed by atoms with Crippen molar-refractivity contribution in [2.24, 2.45) is 0 Å². The number of unbranched alkanes of at least 4 members (excludes halogenated alkanes) is 3. The number of nitrogen functional groups attached to an aromatic ring is 1. The largest absolute Gasteiger partial charge is 0.398 e. The minimum Gasteiger partial charge on any atom is -0.398 e. The number of amides is 2. The van der Waals surface area contributed by atoms with E-state index in [9.17, 15) is 9.59 Å². The molecule has 0 saturated heterocycles. The van der Waals surface area contributed by atoms with E-state index in [0.29, 0.717) is 34.8 Å². The lowest BCUT2D eigenvalue weighted by atomic mass is 10.1. The number of benzene rings is 1. The molecule has 0 bridgehead atoms. The van der Waals surface area contributed by atoms with Crippen molar-refractivity contribution in [3.8, 4) is 0 Å². The second kappa shape index (κ2) is 11.9. The zero-order chi connectivity index (χ0) is 20.2. The molecule has 0 atom stereocenters. The average Bonchev–Trinajstić information content (AvgIpc) is 2.67. The molecule has 146 valence electrons. The van der Waals surface area contributed by atoms with Crippen LogP contribution >= 0.6 is 11.8 Å². The van der Waals surface area contributed by atoms with Gasteiger partial charge in [-0.3, -0.25) is 14.8 Å². The summed E-state index contributed by atoms with van der Waals surface area (Å²) in [6.45, 7) is 7.88. The van der Waals surface area contributed by atoms with Crippen LogP contribution in [0.15, 0.2) is 41.7 Å². The average molecular weight is 391 g/mol. The predicted molar refractivity (Wildman–Crippen MR) is 111 cm³/mol. The Labute approximate surface area is 163 Å². The molecule has 2 amide bonds. The van der Waals surface area contributed by atoms with Crippen LogP contribution in [-0.2, 0) is 9.59 Å². The Morgan fingerprint density at radius 1 is 1.30 bits per heavy atom. The Bertz CT molecular complexity index is 706. The molecule has 0 aliphatic carbocycles. The van der Waals surface area contributed by atoms with Crippen LogP contribution < -0.4 is 16.1 Å². The van der Waals surface area contributed by atoms with Crippen molar-refractivity contribution in [2.75, 3.05) is 17.2 Å². The molecule has 27 heavy (non-hydrogen) atoms. The van der Waals surface area contributed by atoms with Gasteiger partial charge in [-0.05, 0) is 36.4 Å². The zero-order valence-electron chi connectivity index (χ0n) is 15.2. The number of carbonyl (C=O) groups excluding carboxylic acids is 2. The highest BCUT2D eigenvalue weighted by Crippen LogP contribution is 2.25. The summed E-state index contributed by atoms with van der Waals surface area (Å²) in [7, 11) is 0. The second-order valence-corrected chi connectivity index (χ2v) is 6.88. The molecule has 0 aliphatic rings. The van der Waals surface area contributed by atoms with E-state index in [2.05, 4.69) is 13.2 Å². The smallest absolute Gasteiger partial charge is 0.264 e. The summed E-state index contributed by atoms with van der Waals surface area (Å²) >= 11 is 1.17. The highest BCUT2D eigenvalue weighted by Gasteiger charge is 2.19. The first kappa shape index (κ1) is 22.5. The summed E-state index contributed by atoms with van der Waals surface area (Å²) in [4.78, 5) is 25.7. The van der Waals surface area contributed by atoms with Crippen molar-refractivity contribution in [1.82, 2.24) is 5.48 Å². The summed E-state index contributed by atoms with van der Waals surface area (Å²) < 4.78 is 0. The molecule has 5 N–H and O–H groups in total. The maximum atomic E-state index is 12.8. The normalized spacial score (nSPS) is 10.1. The first-order valence-electron chi connectivity index (χ1n) is 8.55. The lowest BCUT2D eigenvalue weighted by Crippen LogP contribution is -2.32. The minimum absolute atomic E-state index is 0.222. The van der Waals surface area contributed by atoms with Gasteiger partial charge in [0.2, 0.25) is 5.91 Å². The van der Waals surface area contributed by atoms with Gasteiger partial charge in [0.15, 0.2) is 0 Å². The summed E-state index contributed by atoms with van der Waals surface area (Å²) in [6.07, 6.45) is 4.47. The number of nitrogens with zero attached hydrogens (tertiary/aromatic N) is 1. The molecule has 0 fully saturated rings. The third-order valence-electron chi connectivity index (χ3n) is 3.91. The number of carbonyl (C=O) groups is 2. The van der Waals surface area contributed by atoms with Gasteiger partial charge < -0.3 is 16.0 Å². The van der Waals surface area contributed by atoms with Gasteiger partial charge in [-0.1, -0.05) is 37.8 Å². The number of anilines is 2. The quantitative estimate of drug-likeness (QED) is 0.109. The van der Waals surface area contributed by atoms with Crippen molar-refractivity contribution in [2.45, 2.75) is 32.1 Å². The van der Waals surface area contributed by atoms with Gasteiger partial charge in [-0.25, -0.2) is 5.48 Å². The van der Waals surface area contributed by atoms with Crippen molar-refractivity contribution in [3.63, 3.8) is 0 Å². The Morgan fingerprint density at radius 2 is 2.00 bits per heavy atom. The number of hydrogen-bond acceptors (Lipinski definition) is 6. The number of thioether (sulfide) groups is 1. The fourth-order valence-electron chi connectivity index (χ4n) is 2.47. The number of hydrogen-bond donors (Lipinski definition) is 4. The minimum atomic E-state index is -0.398. The summed E-state index contributed by atoms with van der Waals surface area (Å²) in [5.74, 6) is -0.620.